The predicted molar refractivity (Wildman–Crippen MR) is 100 cm³/mol. The van der Waals surface area contributed by atoms with Gasteiger partial charge in [0.2, 0.25) is 0 Å². The lowest BCUT2D eigenvalue weighted by atomic mass is 9.82. The van der Waals surface area contributed by atoms with Gasteiger partial charge >= 0.3 is 0 Å². The minimum absolute atomic E-state index is 0.0530. The van der Waals surface area contributed by atoms with Gasteiger partial charge in [-0.15, -0.1) is 0 Å². The summed E-state index contributed by atoms with van der Waals surface area (Å²) in [4.78, 5) is 23.6. The molecule has 1 atom stereocenters. The second-order valence-corrected chi connectivity index (χ2v) is 7.24. The number of carbonyl (C=O) groups is 1. The molecule has 0 saturated carbocycles. The van der Waals surface area contributed by atoms with Gasteiger partial charge in [-0.3, -0.25) is 9.36 Å². The van der Waals surface area contributed by atoms with Gasteiger partial charge in [-0.25, -0.2) is 9.97 Å². The van der Waals surface area contributed by atoms with Crippen molar-refractivity contribution in [3.8, 4) is 5.82 Å². The van der Waals surface area contributed by atoms with Crippen molar-refractivity contribution in [3.63, 3.8) is 0 Å². The smallest absolute Gasteiger partial charge is 0.254 e. The fourth-order valence-electron chi connectivity index (χ4n) is 3.95. The number of aromatic nitrogens is 3. The molecule has 0 aliphatic carbocycles. The third-order valence-electron chi connectivity index (χ3n) is 5.40. The Bertz CT molecular complexity index is 903. The molecule has 0 bridgehead atoms. The first-order valence-corrected chi connectivity index (χ1v) is 8.88. The second-order valence-electron chi connectivity index (χ2n) is 7.24. The summed E-state index contributed by atoms with van der Waals surface area (Å²) in [5.41, 5.74) is 1.71. The number of pyridine rings is 1. The largest absolute Gasteiger partial charge is 0.333 e. The van der Waals surface area contributed by atoms with Crippen molar-refractivity contribution in [1.82, 2.24) is 19.4 Å². The number of likely N-dealkylation sites (tertiary alicyclic amines) is 1. The van der Waals surface area contributed by atoms with Gasteiger partial charge in [0.25, 0.3) is 5.91 Å². The average molecular weight is 346 g/mol. The molecule has 1 fully saturated rings. The van der Waals surface area contributed by atoms with Crippen LogP contribution in [0.1, 0.15) is 42.1 Å². The molecule has 1 amide bonds. The van der Waals surface area contributed by atoms with Gasteiger partial charge in [0.1, 0.15) is 12.1 Å². The van der Waals surface area contributed by atoms with E-state index in [4.69, 9.17) is 0 Å². The first kappa shape index (κ1) is 16.5. The minimum Gasteiger partial charge on any atom is -0.333 e. The van der Waals surface area contributed by atoms with Crippen molar-refractivity contribution in [2.24, 2.45) is 0 Å². The van der Waals surface area contributed by atoms with E-state index in [0.717, 1.165) is 13.0 Å². The Labute approximate surface area is 153 Å². The zero-order valence-corrected chi connectivity index (χ0v) is 15.0. The van der Waals surface area contributed by atoms with Crippen LogP contribution in [0, 0.1) is 0 Å². The highest BCUT2D eigenvalue weighted by Gasteiger charge is 2.44. The zero-order valence-electron chi connectivity index (χ0n) is 15.0. The van der Waals surface area contributed by atoms with Crippen LogP contribution in [0.3, 0.4) is 0 Å². The van der Waals surface area contributed by atoms with E-state index in [1.54, 1.807) is 29.4 Å². The van der Waals surface area contributed by atoms with Gasteiger partial charge in [0, 0.05) is 42.2 Å². The van der Waals surface area contributed by atoms with Crippen LogP contribution < -0.4 is 0 Å². The van der Waals surface area contributed by atoms with Crippen molar-refractivity contribution >= 4 is 5.91 Å². The van der Waals surface area contributed by atoms with Crippen LogP contribution in [-0.4, -0.2) is 37.4 Å². The monoisotopic (exact) mass is 346 g/mol. The Hall–Kier alpha value is -2.95. The van der Waals surface area contributed by atoms with Gasteiger partial charge in [0.05, 0.1) is 0 Å². The van der Waals surface area contributed by atoms with Crippen LogP contribution in [0.5, 0.6) is 0 Å². The van der Waals surface area contributed by atoms with Gasteiger partial charge in [-0.2, -0.15) is 0 Å². The molecule has 0 N–H and O–H groups in total. The van der Waals surface area contributed by atoms with Gasteiger partial charge in [-0.05, 0) is 38.0 Å². The highest BCUT2D eigenvalue weighted by Crippen LogP contribution is 2.42. The molecule has 3 aromatic rings. The zero-order chi connectivity index (χ0) is 18.1. The summed E-state index contributed by atoms with van der Waals surface area (Å²) < 4.78 is 1.80. The number of nitrogens with zero attached hydrogens (tertiary/aromatic N) is 4. The van der Waals surface area contributed by atoms with E-state index in [1.165, 1.54) is 5.56 Å². The fourth-order valence-corrected chi connectivity index (χ4v) is 3.95. The van der Waals surface area contributed by atoms with E-state index in [2.05, 4.69) is 48.1 Å². The summed E-state index contributed by atoms with van der Waals surface area (Å²) in [6.45, 7) is 5.08. The Morgan fingerprint density at radius 3 is 2.69 bits per heavy atom. The lowest BCUT2D eigenvalue weighted by Crippen LogP contribution is -2.45. The number of amides is 1. The van der Waals surface area contributed by atoms with Crippen LogP contribution >= 0.6 is 0 Å². The number of hydrogen-bond donors (Lipinski definition) is 0. The number of carbonyl (C=O) groups excluding carboxylic acids is 1. The average Bonchev–Trinajstić information content (AvgIpc) is 3.29. The van der Waals surface area contributed by atoms with Crippen molar-refractivity contribution in [1.29, 1.82) is 0 Å². The first-order chi connectivity index (χ1) is 12.6. The third-order valence-corrected chi connectivity index (χ3v) is 5.40. The van der Waals surface area contributed by atoms with Crippen LogP contribution in [0.25, 0.3) is 5.82 Å². The van der Waals surface area contributed by atoms with E-state index < -0.39 is 0 Å². The summed E-state index contributed by atoms with van der Waals surface area (Å²) in [7, 11) is 0. The second kappa shape index (κ2) is 6.41. The molecule has 5 heteroatoms. The van der Waals surface area contributed by atoms with Crippen LogP contribution in [-0.2, 0) is 0 Å². The standard InChI is InChI=1S/C21H22N4O/c1-21(2)18(16-6-4-3-5-7-16)9-12-25(21)20(26)17-8-10-23-19(14-17)24-13-11-22-15-24/h3-8,10-11,13-15,18H,9,12H2,1-2H3. The van der Waals surface area contributed by atoms with Crippen LogP contribution in [0.4, 0.5) is 0 Å². The Balaban J connectivity index is 1.62. The summed E-state index contributed by atoms with van der Waals surface area (Å²) in [5.74, 6) is 1.09. The molecule has 5 nitrogen and oxygen atoms in total. The predicted octanol–water partition coefficient (Wildman–Crippen LogP) is 3.68. The molecule has 3 heterocycles. The maximum absolute atomic E-state index is 13.2. The molecule has 1 aliphatic rings. The molecule has 26 heavy (non-hydrogen) atoms. The normalized spacial score (nSPS) is 18.8. The third kappa shape index (κ3) is 2.79. The Morgan fingerprint density at radius 2 is 1.96 bits per heavy atom. The Kier molecular flexibility index (Phi) is 4.07. The molecule has 132 valence electrons. The van der Waals surface area contributed by atoms with Gasteiger partial charge in [-0.1, -0.05) is 30.3 Å². The van der Waals surface area contributed by atoms with Crippen molar-refractivity contribution < 1.29 is 4.79 Å². The van der Waals surface area contributed by atoms with E-state index >= 15 is 0 Å². The van der Waals surface area contributed by atoms with E-state index in [-0.39, 0.29) is 11.4 Å². The minimum atomic E-state index is -0.239. The highest BCUT2D eigenvalue weighted by molar-refractivity contribution is 5.95. The Morgan fingerprint density at radius 1 is 1.15 bits per heavy atom. The molecule has 1 saturated heterocycles. The molecule has 1 unspecified atom stereocenters. The molecular formula is C21H22N4O. The number of imidazole rings is 1. The molecule has 0 spiro atoms. The topological polar surface area (TPSA) is 51.0 Å². The van der Waals surface area contributed by atoms with E-state index in [1.807, 2.05) is 23.2 Å². The first-order valence-electron chi connectivity index (χ1n) is 8.88. The van der Waals surface area contributed by atoms with E-state index in [9.17, 15) is 4.79 Å². The molecule has 2 aromatic heterocycles. The van der Waals surface area contributed by atoms with Gasteiger partial charge < -0.3 is 4.90 Å². The van der Waals surface area contributed by atoms with Crippen molar-refractivity contribution in [2.45, 2.75) is 31.7 Å². The van der Waals surface area contributed by atoms with Crippen molar-refractivity contribution in [2.75, 3.05) is 6.54 Å². The van der Waals surface area contributed by atoms with Gasteiger partial charge in [0.15, 0.2) is 0 Å². The summed E-state index contributed by atoms with van der Waals surface area (Å²) in [5, 5.41) is 0. The lowest BCUT2D eigenvalue weighted by Gasteiger charge is -2.36. The SMILES string of the molecule is CC1(C)C(c2ccccc2)CCN1C(=O)c1ccnc(-n2ccnc2)c1. The number of hydrogen-bond acceptors (Lipinski definition) is 3. The number of benzene rings is 1. The maximum atomic E-state index is 13.2. The summed E-state index contributed by atoms with van der Waals surface area (Å²) >= 11 is 0. The van der Waals surface area contributed by atoms with E-state index in [0.29, 0.717) is 17.3 Å². The van der Waals surface area contributed by atoms with Crippen molar-refractivity contribution in [3.05, 3.63) is 78.5 Å². The highest BCUT2D eigenvalue weighted by atomic mass is 16.2. The lowest BCUT2D eigenvalue weighted by molar-refractivity contribution is 0.0635. The summed E-state index contributed by atoms with van der Waals surface area (Å²) in [6.07, 6.45) is 7.86. The molecule has 0 radical (unpaired) electrons. The molecule has 1 aliphatic heterocycles. The number of rotatable bonds is 3. The maximum Gasteiger partial charge on any atom is 0.254 e. The quantitative estimate of drug-likeness (QED) is 0.727. The summed E-state index contributed by atoms with van der Waals surface area (Å²) in [6, 6.07) is 14.1. The molecule has 1 aromatic carbocycles. The fraction of sp³-hybridized carbons (Fsp3) is 0.286. The van der Waals surface area contributed by atoms with Crippen LogP contribution in [0.2, 0.25) is 0 Å². The molecular weight excluding hydrogens is 324 g/mol. The molecule has 4 rings (SSSR count). The van der Waals surface area contributed by atoms with Crippen LogP contribution in [0.15, 0.2) is 67.4 Å².